The highest BCUT2D eigenvalue weighted by Gasteiger charge is 2.43. The monoisotopic (exact) mass is 200 g/mol. The molecule has 0 heterocycles. The topological polar surface area (TPSA) is 20.2 Å². The Morgan fingerprint density at radius 1 is 1.46 bits per heavy atom. The molecule has 3 heteroatoms. The molecule has 1 N–H and O–H groups in total. The van der Waals surface area contributed by atoms with Crippen molar-refractivity contribution in [3.8, 4) is 0 Å². The van der Waals surface area contributed by atoms with Crippen molar-refractivity contribution in [2.24, 2.45) is 0 Å². The molecule has 0 amide bonds. The first-order chi connectivity index (χ1) is 6.18. The van der Waals surface area contributed by atoms with Crippen LogP contribution in [0.25, 0.3) is 0 Å². The van der Waals surface area contributed by atoms with Crippen LogP contribution >= 0.6 is 11.6 Å². The van der Waals surface area contributed by atoms with Crippen molar-refractivity contribution < 1.29 is 9.50 Å². The Bertz CT molecular complexity index is 334. The zero-order valence-corrected chi connectivity index (χ0v) is 7.81. The molecule has 70 valence electrons. The van der Waals surface area contributed by atoms with Crippen molar-refractivity contribution in [2.75, 3.05) is 6.61 Å². The minimum absolute atomic E-state index is 0.120. The van der Waals surface area contributed by atoms with Crippen LogP contribution in [0.4, 0.5) is 4.39 Å². The van der Waals surface area contributed by atoms with Gasteiger partial charge in [0.2, 0.25) is 0 Å². The van der Waals surface area contributed by atoms with Crippen molar-refractivity contribution in [3.05, 3.63) is 34.6 Å². The van der Waals surface area contributed by atoms with Crippen LogP contribution in [0.1, 0.15) is 18.4 Å². The average molecular weight is 201 g/mol. The predicted molar refractivity (Wildman–Crippen MR) is 49.4 cm³/mol. The summed E-state index contributed by atoms with van der Waals surface area (Å²) in [6.07, 6.45) is 1.93. The minimum Gasteiger partial charge on any atom is -0.395 e. The fourth-order valence-electron chi connectivity index (χ4n) is 1.51. The van der Waals surface area contributed by atoms with E-state index in [1.165, 1.54) is 6.07 Å². The Morgan fingerprint density at radius 2 is 2.15 bits per heavy atom. The van der Waals surface area contributed by atoms with Crippen LogP contribution in [0.5, 0.6) is 0 Å². The number of hydrogen-bond donors (Lipinski definition) is 1. The molecule has 1 aliphatic rings. The summed E-state index contributed by atoms with van der Waals surface area (Å²) in [6, 6.07) is 4.66. The van der Waals surface area contributed by atoms with Gasteiger partial charge in [0.1, 0.15) is 5.82 Å². The van der Waals surface area contributed by atoms with Crippen LogP contribution in [0.3, 0.4) is 0 Å². The van der Waals surface area contributed by atoms with Crippen molar-refractivity contribution in [3.63, 3.8) is 0 Å². The molecule has 1 aromatic rings. The van der Waals surface area contributed by atoms with E-state index in [-0.39, 0.29) is 17.0 Å². The molecule has 0 radical (unpaired) electrons. The van der Waals surface area contributed by atoms with Gasteiger partial charge in [-0.3, -0.25) is 0 Å². The van der Waals surface area contributed by atoms with E-state index in [2.05, 4.69) is 0 Å². The molecule has 0 aromatic heterocycles. The second kappa shape index (κ2) is 2.96. The Balaban J connectivity index is 2.37. The molecular formula is C10H10ClFO. The summed E-state index contributed by atoms with van der Waals surface area (Å²) in [5.41, 5.74) is 0.818. The molecule has 0 bridgehead atoms. The van der Waals surface area contributed by atoms with E-state index in [4.69, 9.17) is 16.7 Å². The van der Waals surface area contributed by atoms with Gasteiger partial charge < -0.3 is 5.11 Å². The van der Waals surface area contributed by atoms with E-state index in [0.29, 0.717) is 0 Å². The van der Waals surface area contributed by atoms with Gasteiger partial charge in [-0.25, -0.2) is 4.39 Å². The van der Waals surface area contributed by atoms with Crippen LogP contribution in [0.2, 0.25) is 5.02 Å². The Kier molecular flexibility index (Phi) is 2.05. The second-order valence-corrected chi connectivity index (χ2v) is 3.97. The predicted octanol–water partition coefficient (Wildman–Crippen LogP) is 2.50. The molecule has 2 rings (SSSR count). The lowest BCUT2D eigenvalue weighted by atomic mass is 9.97. The number of halogens is 2. The summed E-state index contributed by atoms with van der Waals surface area (Å²) in [6.45, 7) is 0.120. The minimum atomic E-state index is -0.404. The van der Waals surface area contributed by atoms with Crippen molar-refractivity contribution in [1.82, 2.24) is 0 Å². The van der Waals surface area contributed by atoms with Gasteiger partial charge in [0, 0.05) is 5.41 Å². The second-order valence-electron chi connectivity index (χ2n) is 3.57. The molecule has 1 fully saturated rings. The third kappa shape index (κ3) is 1.45. The number of hydrogen-bond acceptors (Lipinski definition) is 1. The van der Waals surface area contributed by atoms with E-state index in [9.17, 15) is 4.39 Å². The maximum Gasteiger partial charge on any atom is 0.141 e. The van der Waals surface area contributed by atoms with Gasteiger partial charge in [-0.05, 0) is 30.5 Å². The zero-order chi connectivity index (χ0) is 9.47. The number of rotatable bonds is 2. The van der Waals surface area contributed by atoms with Crippen LogP contribution in [0, 0.1) is 5.82 Å². The first kappa shape index (κ1) is 8.97. The number of aliphatic hydroxyl groups is 1. The Labute approximate surface area is 81.1 Å². The van der Waals surface area contributed by atoms with Crippen LogP contribution in [0.15, 0.2) is 18.2 Å². The van der Waals surface area contributed by atoms with Crippen LogP contribution in [-0.4, -0.2) is 11.7 Å². The Morgan fingerprint density at radius 3 is 2.62 bits per heavy atom. The smallest absolute Gasteiger partial charge is 0.141 e. The summed E-state index contributed by atoms with van der Waals surface area (Å²) in [5.74, 6) is -0.404. The maximum absolute atomic E-state index is 12.8. The highest BCUT2D eigenvalue weighted by Crippen LogP contribution is 2.48. The molecule has 13 heavy (non-hydrogen) atoms. The van der Waals surface area contributed by atoms with Crippen LogP contribution < -0.4 is 0 Å². The van der Waals surface area contributed by atoms with Gasteiger partial charge in [-0.1, -0.05) is 17.7 Å². The average Bonchev–Trinajstić information content (AvgIpc) is 2.90. The van der Waals surface area contributed by atoms with E-state index in [0.717, 1.165) is 18.4 Å². The van der Waals surface area contributed by atoms with Gasteiger partial charge in [0.25, 0.3) is 0 Å². The molecule has 0 atom stereocenters. The van der Waals surface area contributed by atoms with E-state index >= 15 is 0 Å². The number of aliphatic hydroxyl groups excluding tert-OH is 1. The number of benzene rings is 1. The zero-order valence-electron chi connectivity index (χ0n) is 7.06. The lowest BCUT2D eigenvalue weighted by Gasteiger charge is -2.12. The standard InChI is InChI=1S/C10H10ClFO/c11-8-5-7(1-2-9(8)12)10(6-13)3-4-10/h1-2,5,13H,3-4,6H2. The first-order valence-electron chi connectivity index (χ1n) is 4.24. The highest BCUT2D eigenvalue weighted by molar-refractivity contribution is 6.30. The van der Waals surface area contributed by atoms with Gasteiger partial charge in [-0.2, -0.15) is 0 Å². The Hall–Kier alpha value is -0.600. The summed E-state index contributed by atoms with van der Waals surface area (Å²) >= 11 is 5.65. The first-order valence-corrected chi connectivity index (χ1v) is 4.62. The summed E-state index contributed by atoms with van der Waals surface area (Å²) < 4.78 is 12.8. The normalized spacial score (nSPS) is 18.7. The van der Waals surface area contributed by atoms with Gasteiger partial charge in [0.15, 0.2) is 0 Å². The molecule has 0 saturated heterocycles. The summed E-state index contributed by atoms with van der Waals surface area (Å²) in [4.78, 5) is 0. The molecule has 1 aliphatic carbocycles. The van der Waals surface area contributed by atoms with Crippen molar-refractivity contribution in [2.45, 2.75) is 18.3 Å². The fraction of sp³-hybridized carbons (Fsp3) is 0.400. The summed E-state index contributed by atoms with van der Waals surface area (Å²) in [7, 11) is 0. The molecular weight excluding hydrogens is 191 g/mol. The van der Waals surface area contributed by atoms with Gasteiger partial charge in [-0.15, -0.1) is 0 Å². The van der Waals surface area contributed by atoms with E-state index in [1.54, 1.807) is 12.1 Å². The third-order valence-electron chi connectivity index (χ3n) is 2.69. The molecule has 1 nitrogen and oxygen atoms in total. The van der Waals surface area contributed by atoms with Crippen molar-refractivity contribution in [1.29, 1.82) is 0 Å². The van der Waals surface area contributed by atoms with Gasteiger partial charge in [0.05, 0.1) is 11.6 Å². The molecule has 1 saturated carbocycles. The largest absolute Gasteiger partial charge is 0.395 e. The third-order valence-corrected chi connectivity index (χ3v) is 2.98. The molecule has 1 aromatic carbocycles. The van der Waals surface area contributed by atoms with Crippen molar-refractivity contribution >= 4 is 11.6 Å². The van der Waals surface area contributed by atoms with Gasteiger partial charge >= 0.3 is 0 Å². The quantitative estimate of drug-likeness (QED) is 0.778. The maximum atomic E-state index is 12.8. The lowest BCUT2D eigenvalue weighted by molar-refractivity contribution is 0.255. The summed E-state index contributed by atoms with van der Waals surface area (Å²) in [5, 5.41) is 9.27. The molecule has 0 unspecified atom stereocenters. The molecule has 0 spiro atoms. The van der Waals surface area contributed by atoms with E-state index in [1.807, 2.05) is 0 Å². The fourth-order valence-corrected chi connectivity index (χ4v) is 1.70. The SMILES string of the molecule is OCC1(c2ccc(F)c(Cl)c2)CC1. The van der Waals surface area contributed by atoms with Crippen LogP contribution in [-0.2, 0) is 5.41 Å². The highest BCUT2D eigenvalue weighted by atomic mass is 35.5. The lowest BCUT2D eigenvalue weighted by Crippen LogP contribution is -2.11. The van der Waals surface area contributed by atoms with E-state index < -0.39 is 5.82 Å². The molecule has 0 aliphatic heterocycles.